The van der Waals surface area contributed by atoms with E-state index in [0.717, 1.165) is 26.0 Å². The second-order valence-corrected chi connectivity index (χ2v) is 8.04. The zero-order valence-electron chi connectivity index (χ0n) is 13.7. The summed E-state index contributed by atoms with van der Waals surface area (Å²) in [5.74, 6) is 2.26. The third-order valence-corrected chi connectivity index (χ3v) is 6.43. The van der Waals surface area contributed by atoms with Crippen LogP contribution >= 0.6 is 34.3 Å². The van der Waals surface area contributed by atoms with Gasteiger partial charge in [-0.1, -0.05) is 41.0 Å². The van der Waals surface area contributed by atoms with Gasteiger partial charge >= 0.3 is 5.91 Å². The van der Waals surface area contributed by atoms with Crippen molar-refractivity contribution in [3.05, 3.63) is 56.8 Å². The Balaban J connectivity index is 1.89. The normalized spacial score (nSPS) is 12.0. The zero-order chi connectivity index (χ0) is 18.3. The summed E-state index contributed by atoms with van der Waals surface area (Å²) in [5.41, 5.74) is 2.63. The first-order chi connectivity index (χ1) is 12.6. The summed E-state index contributed by atoms with van der Waals surface area (Å²) in [6.45, 7) is 2.25. The maximum Gasteiger partial charge on any atom is 0.308 e. The number of aromatic nitrogens is 2. The predicted octanol–water partition coefficient (Wildman–Crippen LogP) is 4.65. The third kappa shape index (κ3) is 2.84. The van der Waals surface area contributed by atoms with Crippen LogP contribution in [0.2, 0.25) is 5.02 Å². The molecule has 0 fully saturated rings. The Morgan fingerprint density at radius 3 is 2.85 bits per heavy atom. The highest BCUT2D eigenvalue weighted by Crippen LogP contribution is 2.27. The molecule has 4 nitrogen and oxygen atoms in total. The molecule has 2 heterocycles. The van der Waals surface area contributed by atoms with Gasteiger partial charge in [-0.2, -0.15) is 4.99 Å². The van der Waals surface area contributed by atoms with Gasteiger partial charge < -0.3 is 4.57 Å². The number of fused-ring (bicyclic) bond motifs is 2. The fraction of sp³-hybridized carbons (Fsp3) is 0.105. The van der Waals surface area contributed by atoms with E-state index in [1.807, 2.05) is 47.9 Å². The molecule has 0 radical (unpaired) electrons. The van der Waals surface area contributed by atoms with Crippen molar-refractivity contribution in [2.45, 2.75) is 13.5 Å². The lowest BCUT2D eigenvalue weighted by atomic mass is 10.2. The smallest absolute Gasteiger partial charge is 0.304 e. The lowest BCUT2D eigenvalue weighted by molar-refractivity contribution is 0.0997. The number of para-hydroxylation sites is 1. The predicted molar refractivity (Wildman–Crippen MR) is 108 cm³/mol. The molecule has 4 aromatic rings. The molecule has 128 valence electrons. The highest BCUT2D eigenvalue weighted by Gasteiger charge is 2.14. The number of hydrogen-bond acceptors (Lipinski definition) is 4. The Bertz CT molecular complexity index is 1240. The van der Waals surface area contributed by atoms with Crippen LogP contribution in [0.3, 0.4) is 0 Å². The van der Waals surface area contributed by atoms with Gasteiger partial charge in [0, 0.05) is 5.02 Å². The van der Waals surface area contributed by atoms with Crippen molar-refractivity contribution in [2.24, 2.45) is 4.99 Å². The first-order valence-electron chi connectivity index (χ1n) is 7.75. The van der Waals surface area contributed by atoms with Crippen molar-refractivity contribution < 1.29 is 4.79 Å². The van der Waals surface area contributed by atoms with Crippen molar-refractivity contribution in [2.75, 3.05) is 0 Å². The molecular weight excluding hydrogens is 386 g/mol. The summed E-state index contributed by atoms with van der Waals surface area (Å²) in [5, 5.41) is 1.02. The van der Waals surface area contributed by atoms with Gasteiger partial charge in [0.15, 0.2) is 9.81 Å². The van der Waals surface area contributed by atoms with Gasteiger partial charge in [-0.15, -0.1) is 17.8 Å². The molecule has 26 heavy (non-hydrogen) atoms. The van der Waals surface area contributed by atoms with Crippen LogP contribution in [0.25, 0.3) is 20.4 Å². The van der Waals surface area contributed by atoms with Crippen LogP contribution in [0, 0.1) is 19.3 Å². The molecule has 4 rings (SSSR count). The first kappa shape index (κ1) is 17.0. The SMILES string of the molecule is C#CCn1c(=NC(=O)c2nc3ccccc3s2)sc2ccc(Cl)c(C)c21. The van der Waals surface area contributed by atoms with Crippen LogP contribution in [0.5, 0.6) is 0 Å². The second kappa shape index (κ2) is 6.69. The maximum atomic E-state index is 12.7. The Kier molecular flexibility index (Phi) is 4.37. The first-order valence-corrected chi connectivity index (χ1v) is 9.76. The van der Waals surface area contributed by atoms with Gasteiger partial charge in [-0.25, -0.2) is 4.98 Å². The number of rotatable bonds is 2. The molecule has 0 atom stereocenters. The molecule has 0 bridgehead atoms. The van der Waals surface area contributed by atoms with E-state index in [2.05, 4.69) is 15.9 Å². The molecule has 0 saturated carbocycles. The van der Waals surface area contributed by atoms with E-state index in [1.54, 1.807) is 0 Å². The molecule has 0 N–H and O–H groups in total. The maximum absolute atomic E-state index is 12.7. The topological polar surface area (TPSA) is 47.2 Å². The summed E-state index contributed by atoms with van der Waals surface area (Å²) in [7, 11) is 0. The number of terminal acetylenes is 1. The van der Waals surface area contributed by atoms with E-state index >= 15 is 0 Å². The summed E-state index contributed by atoms with van der Waals surface area (Å²) in [6, 6.07) is 11.4. The van der Waals surface area contributed by atoms with Crippen LogP contribution in [0.4, 0.5) is 0 Å². The summed E-state index contributed by atoms with van der Waals surface area (Å²) >= 11 is 9.00. The van der Waals surface area contributed by atoms with Gasteiger partial charge in [-0.05, 0) is 36.8 Å². The van der Waals surface area contributed by atoms with Gasteiger partial charge in [0.25, 0.3) is 0 Å². The minimum atomic E-state index is -0.368. The number of benzene rings is 2. The standard InChI is InChI=1S/C19H12ClN3OS2/c1-3-10-23-16-11(2)12(20)8-9-15(16)26-19(23)22-17(24)18-21-13-6-4-5-7-14(13)25-18/h1,4-9H,10H2,2H3. The van der Waals surface area contributed by atoms with Crippen molar-refractivity contribution in [3.63, 3.8) is 0 Å². The van der Waals surface area contributed by atoms with Crippen LogP contribution < -0.4 is 4.80 Å². The molecule has 0 unspecified atom stereocenters. The fourth-order valence-electron chi connectivity index (χ4n) is 2.74. The van der Waals surface area contributed by atoms with E-state index in [9.17, 15) is 4.79 Å². The van der Waals surface area contributed by atoms with Crippen molar-refractivity contribution in [1.29, 1.82) is 0 Å². The fourth-order valence-corrected chi connectivity index (χ4v) is 4.83. The number of halogens is 1. The van der Waals surface area contributed by atoms with Gasteiger partial charge in [-0.3, -0.25) is 4.79 Å². The lowest BCUT2D eigenvalue weighted by Crippen LogP contribution is -2.16. The molecular formula is C19H12ClN3OS2. The Hall–Kier alpha value is -2.46. The van der Waals surface area contributed by atoms with E-state index in [1.165, 1.54) is 22.7 Å². The third-order valence-electron chi connectivity index (χ3n) is 3.95. The Morgan fingerprint density at radius 2 is 2.08 bits per heavy atom. The quantitative estimate of drug-likeness (QED) is 0.462. The highest BCUT2D eigenvalue weighted by atomic mass is 35.5. The van der Waals surface area contributed by atoms with Gasteiger partial charge in [0.1, 0.15) is 0 Å². The van der Waals surface area contributed by atoms with Crippen molar-refractivity contribution in [1.82, 2.24) is 9.55 Å². The van der Waals surface area contributed by atoms with E-state index in [0.29, 0.717) is 21.4 Å². The van der Waals surface area contributed by atoms with Crippen molar-refractivity contribution in [3.8, 4) is 12.3 Å². The van der Waals surface area contributed by atoms with E-state index < -0.39 is 0 Å². The largest absolute Gasteiger partial charge is 0.308 e. The minimum Gasteiger partial charge on any atom is -0.304 e. The molecule has 1 amide bonds. The number of nitrogens with zero attached hydrogens (tertiary/aromatic N) is 3. The number of thiazole rings is 2. The highest BCUT2D eigenvalue weighted by molar-refractivity contribution is 7.20. The number of carbonyl (C=O) groups excluding carboxylic acids is 1. The zero-order valence-corrected chi connectivity index (χ0v) is 16.1. The average Bonchev–Trinajstić information content (AvgIpc) is 3.21. The van der Waals surface area contributed by atoms with E-state index in [-0.39, 0.29) is 5.91 Å². The molecule has 7 heteroatoms. The molecule has 2 aromatic carbocycles. The van der Waals surface area contributed by atoms with E-state index in [4.69, 9.17) is 18.0 Å². The van der Waals surface area contributed by atoms with Crippen molar-refractivity contribution >= 4 is 60.6 Å². The number of carbonyl (C=O) groups is 1. The van der Waals surface area contributed by atoms with Gasteiger partial charge in [0.2, 0.25) is 0 Å². The van der Waals surface area contributed by atoms with Crippen LogP contribution in [0.1, 0.15) is 15.4 Å². The lowest BCUT2D eigenvalue weighted by Gasteiger charge is -2.04. The number of amides is 1. The summed E-state index contributed by atoms with van der Waals surface area (Å²) in [4.78, 5) is 21.9. The van der Waals surface area contributed by atoms with Crippen LogP contribution in [-0.2, 0) is 6.54 Å². The molecule has 0 aliphatic rings. The minimum absolute atomic E-state index is 0.313. The summed E-state index contributed by atoms with van der Waals surface area (Å²) in [6.07, 6.45) is 5.52. The molecule has 0 saturated heterocycles. The van der Waals surface area contributed by atoms with Gasteiger partial charge in [0.05, 0.1) is 27.0 Å². The molecule has 0 aliphatic carbocycles. The molecule has 0 spiro atoms. The van der Waals surface area contributed by atoms with Crippen LogP contribution in [-0.4, -0.2) is 15.5 Å². The Morgan fingerprint density at radius 1 is 1.27 bits per heavy atom. The molecule has 0 aliphatic heterocycles. The second-order valence-electron chi connectivity index (χ2n) is 5.60. The Labute approximate surface area is 162 Å². The number of hydrogen-bond donors (Lipinski definition) is 0. The molecule has 2 aromatic heterocycles. The van der Waals surface area contributed by atoms with Crippen LogP contribution in [0.15, 0.2) is 41.4 Å². The number of aryl methyl sites for hydroxylation is 1. The monoisotopic (exact) mass is 397 g/mol. The summed E-state index contributed by atoms with van der Waals surface area (Å²) < 4.78 is 3.80. The average molecular weight is 398 g/mol.